The quantitative estimate of drug-likeness (QED) is 0.184. The molecule has 0 unspecified atom stereocenters. The highest BCUT2D eigenvalue weighted by Gasteiger charge is 2.31. The lowest BCUT2D eigenvalue weighted by molar-refractivity contribution is -0.136. The van der Waals surface area contributed by atoms with E-state index in [0.29, 0.717) is 59.9 Å². The zero-order valence-electron chi connectivity index (χ0n) is 23.9. The second-order valence-corrected chi connectivity index (χ2v) is 12.2. The van der Waals surface area contributed by atoms with Crippen molar-refractivity contribution in [3.63, 3.8) is 0 Å². The molecule has 44 heavy (non-hydrogen) atoms. The number of hydrogen-bond donors (Lipinski definition) is 0. The maximum atomic E-state index is 13.9. The van der Waals surface area contributed by atoms with E-state index in [2.05, 4.69) is 36.9 Å². The second kappa shape index (κ2) is 13.9. The number of benzene rings is 3. The van der Waals surface area contributed by atoms with Gasteiger partial charge < -0.3 is 18.9 Å². The largest absolute Gasteiger partial charge is 0.490 e. The summed E-state index contributed by atoms with van der Waals surface area (Å²) in [6.07, 6.45) is 3.19. The van der Waals surface area contributed by atoms with Gasteiger partial charge in [-0.05, 0) is 105 Å². The molecule has 12 heteroatoms. The van der Waals surface area contributed by atoms with Crippen molar-refractivity contribution < 1.29 is 28.1 Å². The molecule has 0 saturated heterocycles. The van der Waals surface area contributed by atoms with Crippen molar-refractivity contribution >= 4 is 55.2 Å². The average molecular weight is 746 g/mol. The molecule has 0 amide bonds. The molecule has 8 nitrogen and oxygen atoms in total. The molecule has 5 rings (SSSR count). The predicted molar refractivity (Wildman–Crippen MR) is 173 cm³/mol. The summed E-state index contributed by atoms with van der Waals surface area (Å²) in [6.45, 7) is 4.78. The van der Waals surface area contributed by atoms with E-state index < -0.39 is 12.0 Å². The van der Waals surface area contributed by atoms with Crippen LogP contribution in [0.15, 0.2) is 85.1 Å². The van der Waals surface area contributed by atoms with Gasteiger partial charge >= 0.3 is 5.97 Å². The first-order valence-corrected chi connectivity index (χ1v) is 16.0. The summed E-state index contributed by atoms with van der Waals surface area (Å²) in [4.78, 5) is 31.6. The Morgan fingerprint density at radius 1 is 1.02 bits per heavy atom. The lowest BCUT2D eigenvalue weighted by atomic mass is 9.97. The van der Waals surface area contributed by atoms with Gasteiger partial charge in [0.1, 0.15) is 18.2 Å². The zero-order valence-corrected chi connectivity index (χ0v) is 27.9. The first-order chi connectivity index (χ1) is 21.2. The van der Waals surface area contributed by atoms with Gasteiger partial charge in [0.2, 0.25) is 0 Å². The number of nitrogens with zero attached hydrogens (tertiary/aromatic N) is 2. The van der Waals surface area contributed by atoms with E-state index in [0.717, 1.165) is 5.56 Å². The predicted octanol–water partition coefficient (Wildman–Crippen LogP) is 6.06. The van der Waals surface area contributed by atoms with Crippen LogP contribution in [0.25, 0.3) is 6.08 Å². The zero-order chi connectivity index (χ0) is 31.4. The van der Waals surface area contributed by atoms with E-state index in [9.17, 15) is 14.0 Å². The Labute approximate surface area is 273 Å². The minimum Gasteiger partial charge on any atom is -0.490 e. The van der Waals surface area contributed by atoms with E-state index in [1.807, 2.05) is 26.0 Å². The van der Waals surface area contributed by atoms with E-state index >= 15 is 0 Å². The van der Waals surface area contributed by atoms with Crippen LogP contribution in [0.1, 0.15) is 36.6 Å². The molecule has 228 valence electrons. The third-order valence-electron chi connectivity index (χ3n) is 6.60. The minimum absolute atomic E-state index is 0.173. The molecule has 3 aromatic carbocycles. The Kier molecular flexibility index (Phi) is 10.0. The number of rotatable bonds is 10. The molecule has 0 spiro atoms. The van der Waals surface area contributed by atoms with E-state index in [-0.39, 0.29) is 23.6 Å². The first kappa shape index (κ1) is 31.7. The fraction of sp³-hybridized carbons (Fsp3) is 0.219. The van der Waals surface area contributed by atoms with Crippen LogP contribution in [0.2, 0.25) is 0 Å². The van der Waals surface area contributed by atoms with Crippen molar-refractivity contribution in [2.24, 2.45) is 4.99 Å². The molecule has 1 aliphatic rings. The summed E-state index contributed by atoms with van der Waals surface area (Å²) in [5, 5.41) is 0. The van der Waals surface area contributed by atoms with Crippen LogP contribution in [0.5, 0.6) is 17.2 Å². The fourth-order valence-corrected chi connectivity index (χ4v) is 7.14. The van der Waals surface area contributed by atoms with Gasteiger partial charge in [0.25, 0.3) is 5.56 Å². The third kappa shape index (κ3) is 6.67. The Balaban J connectivity index is 1.54. The summed E-state index contributed by atoms with van der Waals surface area (Å²) >= 11 is 8.31. The molecule has 1 atom stereocenters. The molecular formula is C32H27Br2FN2O6S. The van der Waals surface area contributed by atoms with Gasteiger partial charge in [-0.15, -0.1) is 0 Å². The number of fused-ring (bicyclic) bond motifs is 1. The highest BCUT2D eigenvalue weighted by atomic mass is 79.9. The Hall–Kier alpha value is -3.74. The number of thiazole rings is 1. The summed E-state index contributed by atoms with van der Waals surface area (Å²) < 4.78 is 39.3. The number of aromatic nitrogens is 1. The van der Waals surface area contributed by atoms with Crippen LogP contribution < -0.4 is 29.1 Å². The molecule has 0 bridgehead atoms. The average Bonchev–Trinajstić information content (AvgIpc) is 3.31. The molecule has 1 aliphatic heterocycles. The second-order valence-electron chi connectivity index (χ2n) is 9.48. The molecule has 0 radical (unpaired) electrons. The van der Waals surface area contributed by atoms with Gasteiger partial charge in [0.15, 0.2) is 16.3 Å². The first-order valence-electron chi connectivity index (χ1n) is 13.6. The van der Waals surface area contributed by atoms with Crippen molar-refractivity contribution in [1.82, 2.24) is 4.57 Å². The number of methoxy groups -OCH3 is 1. The Morgan fingerprint density at radius 3 is 2.43 bits per heavy atom. The summed E-state index contributed by atoms with van der Waals surface area (Å²) in [5.74, 6) is 0.676. The highest BCUT2D eigenvalue weighted by molar-refractivity contribution is 9.11. The van der Waals surface area contributed by atoms with Crippen LogP contribution in [-0.4, -0.2) is 30.9 Å². The van der Waals surface area contributed by atoms with Crippen molar-refractivity contribution in [1.29, 1.82) is 0 Å². The normalized spacial score (nSPS) is 14.4. The number of carbonyl (C=O) groups is 1. The lowest BCUT2D eigenvalue weighted by Crippen LogP contribution is -2.39. The molecule has 2 heterocycles. The van der Waals surface area contributed by atoms with Crippen LogP contribution >= 0.6 is 43.2 Å². The number of ether oxygens (including phenoxy) is 4. The number of hydrogen-bond acceptors (Lipinski definition) is 8. The van der Waals surface area contributed by atoms with Gasteiger partial charge in [-0.25, -0.2) is 14.2 Å². The van der Waals surface area contributed by atoms with Crippen LogP contribution in [-0.2, 0) is 16.1 Å². The van der Waals surface area contributed by atoms with Gasteiger partial charge in [0, 0.05) is 6.20 Å². The van der Waals surface area contributed by atoms with Crippen molar-refractivity contribution in [3.05, 3.63) is 118 Å². The number of esters is 1. The van der Waals surface area contributed by atoms with Crippen molar-refractivity contribution in [2.45, 2.75) is 26.5 Å². The molecule has 0 saturated carbocycles. The van der Waals surface area contributed by atoms with Crippen LogP contribution in [0.4, 0.5) is 4.39 Å². The van der Waals surface area contributed by atoms with E-state index in [1.165, 1.54) is 41.3 Å². The molecule has 0 aliphatic carbocycles. The lowest BCUT2D eigenvalue weighted by Gasteiger charge is -2.23. The molecule has 4 aromatic rings. The van der Waals surface area contributed by atoms with Crippen LogP contribution in [0.3, 0.4) is 0 Å². The van der Waals surface area contributed by atoms with Crippen LogP contribution in [0, 0.1) is 5.82 Å². The Morgan fingerprint density at radius 2 is 1.75 bits per heavy atom. The third-order valence-corrected chi connectivity index (χ3v) is 8.77. The SMILES string of the molecule is CCOc1ccc([C@@H]2C(C(=O)OC)=CN=c3s/c(=C\c4cc(Br)c(OCc5cccc(F)c5)c(Br)c4)c(=O)n32)cc1OCC. The molecule has 0 fully saturated rings. The summed E-state index contributed by atoms with van der Waals surface area (Å²) in [7, 11) is 1.29. The van der Waals surface area contributed by atoms with E-state index in [4.69, 9.17) is 18.9 Å². The monoisotopic (exact) mass is 744 g/mol. The van der Waals surface area contributed by atoms with Gasteiger partial charge in [0.05, 0.1) is 45.4 Å². The minimum atomic E-state index is -0.798. The van der Waals surface area contributed by atoms with Gasteiger partial charge in [-0.2, -0.15) is 0 Å². The Bertz CT molecular complexity index is 1910. The maximum absolute atomic E-state index is 13.9. The smallest absolute Gasteiger partial charge is 0.337 e. The van der Waals surface area contributed by atoms with Gasteiger partial charge in [-0.3, -0.25) is 9.36 Å². The maximum Gasteiger partial charge on any atom is 0.337 e. The number of carbonyl (C=O) groups excluding carboxylic acids is 1. The molecule has 1 aromatic heterocycles. The summed E-state index contributed by atoms with van der Waals surface area (Å²) in [6, 6.07) is 14.4. The van der Waals surface area contributed by atoms with Gasteiger partial charge in [-0.1, -0.05) is 29.5 Å². The highest BCUT2D eigenvalue weighted by Crippen LogP contribution is 2.37. The van der Waals surface area contributed by atoms with Crippen molar-refractivity contribution in [3.8, 4) is 17.2 Å². The molecule has 0 N–H and O–H groups in total. The number of halogens is 3. The topological polar surface area (TPSA) is 88.4 Å². The van der Waals surface area contributed by atoms with Crippen molar-refractivity contribution in [2.75, 3.05) is 20.3 Å². The molecular weight excluding hydrogens is 719 g/mol. The fourth-order valence-electron chi connectivity index (χ4n) is 4.72. The summed E-state index contributed by atoms with van der Waals surface area (Å²) in [5.41, 5.74) is 1.94. The standard InChI is InChI=1S/C32H27Br2FN2O6S/c1-4-41-25-10-9-20(15-26(25)42-5-2)28-22(31(39)40-3)16-36-32-37(28)30(38)27(44-32)14-19-12-23(33)29(24(34)13-19)43-17-18-7-6-8-21(35)11-18/h6-16,28H,4-5,17H2,1-3H3/b27-14-/t28-/m1/s1. The van der Waals surface area contributed by atoms with E-state index in [1.54, 1.807) is 36.4 Å².